The SMILES string of the molecule is Cc1cccc(CN(C)C2(CN)CCN(C)CC2)n1. The molecule has 1 fully saturated rings. The number of pyridine rings is 1. The number of likely N-dealkylation sites (N-methyl/N-ethyl adjacent to an activating group) is 1. The van der Waals surface area contributed by atoms with Gasteiger partial charge < -0.3 is 10.6 Å². The van der Waals surface area contributed by atoms with Crippen molar-refractivity contribution in [3.63, 3.8) is 0 Å². The van der Waals surface area contributed by atoms with Crippen LogP contribution in [0.1, 0.15) is 24.2 Å². The zero-order chi connectivity index (χ0) is 13.9. The number of rotatable bonds is 4. The molecular formula is C15H26N4. The third kappa shape index (κ3) is 3.32. The van der Waals surface area contributed by atoms with Crippen molar-refractivity contribution in [2.75, 3.05) is 33.7 Å². The van der Waals surface area contributed by atoms with Gasteiger partial charge >= 0.3 is 0 Å². The van der Waals surface area contributed by atoms with Crippen molar-refractivity contribution >= 4 is 0 Å². The van der Waals surface area contributed by atoms with Crippen LogP contribution in [-0.2, 0) is 6.54 Å². The van der Waals surface area contributed by atoms with Crippen molar-refractivity contribution in [2.45, 2.75) is 31.8 Å². The summed E-state index contributed by atoms with van der Waals surface area (Å²) in [7, 11) is 4.37. The lowest BCUT2D eigenvalue weighted by Gasteiger charge is -2.46. The van der Waals surface area contributed by atoms with Gasteiger partial charge in [-0.15, -0.1) is 0 Å². The molecule has 19 heavy (non-hydrogen) atoms. The molecule has 0 unspecified atom stereocenters. The van der Waals surface area contributed by atoms with Gasteiger partial charge in [0, 0.05) is 24.3 Å². The van der Waals surface area contributed by atoms with Gasteiger partial charge in [-0.25, -0.2) is 0 Å². The summed E-state index contributed by atoms with van der Waals surface area (Å²) >= 11 is 0. The van der Waals surface area contributed by atoms with Crippen molar-refractivity contribution in [3.8, 4) is 0 Å². The number of nitrogens with two attached hydrogens (primary N) is 1. The van der Waals surface area contributed by atoms with E-state index in [1.807, 2.05) is 13.0 Å². The van der Waals surface area contributed by atoms with Crippen molar-refractivity contribution in [1.29, 1.82) is 0 Å². The van der Waals surface area contributed by atoms with Crippen LogP contribution in [0.2, 0.25) is 0 Å². The number of hydrogen-bond acceptors (Lipinski definition) is 4. The first-order chi connectivity index (χ1) is 9.05. The lowest BCUT2D eigenvalue weighted by Crippen LogP contribution is -2.57. The van der Waals surface area contributed by atoms with E-state index in [9.17, 15) is 0 Å². The van der Waals surface area contributed by atoms with Gasteiger partial charge in [0.25, 0.3) is 0 Å². The Labute approximate surface area is 116 Å². The monoisotopic (exact) mass is 262 g/mol. The summed E-state index contributed by atoms with van der Waals surface area (Å²) in [5.74, 6) is 0. The van der Waals surface area contributed by atoms with Crippen LogP contribution in [0.3, 0.4) is 0 Å². The fourth-order valence-corrected chi connectivity index (χ4v) is 2.87. The predicted octanol–water partition coefficient (Wildman–Crippen LogP) is 1.24. The topological polar surface area (TPSA) is 45.4 Å². The molecule has 0 radical (unpaired) electrons. The van der Waals surface area contributed by atoms with Crippen molar-refractivity contribution in [2.24, 2.45) is 5.73 Å². The zero-order valence-corrected chi connectivity index (χ0v) is 12.4. The van der Waals surface area contributed by atoms with Gasteiger partial charge in [-0.3, -0.25) is 9.88 Å². The van der Waals surface area contributed by atoms with Crippen molar-refractivity contribution < 1.29 is 0 Å². The Morgan fingerprint density at radius 2 is 2.05 bits per heavy atom. The Morgan fingerprint density at radius 1 is 1.37 bits per heavy atom. The van der Waals surface area contributed by atoms with E-state index >= 15 is 0 Å². The highest BCUT2D eigenvalue weighted by atomic mass is 15.2. The maximum atomic E-state index is 6.09. The molecule has 0 aromatic carbocycles. The van der Waals surface area contributed by atoms with Crippen LogP contribution in [-0.4, -0.2) is 54.1 Å². The van der Waals surface area contributed by atoms with Gasteiger partial charge in [0.1, 0.15) is 0 Å². The van der Waals surface area contributed by atoms with E-state index in [2.05, 4.69) is 41.0 Å². The molecule has 4 heteroatoms. The average Bonchev–Trinajstić information content (AvgIpc) is 2.40. The number of nitrogens with zero attached hydrogens (tertiary/aromatic N) is 3. The Morgan fingerprint density at radius 3 is 2.63 bits per heavy atom. The first-order valence-corrected chi connectivity index (χ1v) is 7.08. The molecule has 1 saturated heterocycles. The second kappa shape index (κ2) is 5.99. The highest BCUT2D eigenvalue weighted by Gasteiger charge is 2.36. The van der Waals surface area contributed by atoms with Gasteiger partial charge in [0.05, 0.1) is 5.69 Å². The standard InChI is InChI=1S/C15H26N4/c1-13-5-4-6-14(17-13)11-19(3)15(12-16)7-9-18(2)10-8-15/h4-6H,7-12,16H2,1-3H3. The molecule has 0 atom stereocenters. The van der Waals surface area contributed by atoms with Gasteiger partial charge in [-0.2, -0.15) is 0 Å². The van der Waals surface area contributed by atoms with Gasteiger partial charge in [-0.05, 0) is 59.1 Å². The molecule has 106 valence electrons. The largest absolute Gasteiger partial charge is 0.329 e. The number of likely N-dealkylation sites (tertiary alicyclic amines) is 1. The Balaban J connectivity index is 2.06. The number of piperidine rings is 1. The van der Waals surface area contributed by atoms with Crippen molar-refractivity contribution in [1.82, 2.24) is 14.8 Å². The first-order valence-electron chi connectivity index (χ1n) is 7.08. The van der Waals surface area contributed by atoms with E-state index in [1.165, 1.54) is 0 Å². The molecule has 0 amide bonds. The first kappa shape index (κ1) is 14.4. The molecule has 4 nitrogen and oxygen atoms in total. The van der Waals surface area contributed by atoms with E-state index < -0.39 is 0 Å². The summed E-state index contributed by atoms with van der Waals surface area (Å²) in [6.07, 6.45) is 2.28. The maximum Gasteiger partial charge on any atom is 0.0547 e. The van der Waals surface area contributed by atoms with E-state index in [0.29, 0.717) is 0 Å². The highest BCUT2D eigenvalue weighted by Crippen LogP contribution is 2.27. The third-order valence-electron chi connectivity index (χ3n) is 4.45. The Kier molecular flexibility index (Phi) is 4.55. The molecule has 0 bridgehead atoms. The molecule has 1 aromatic rings. The van der Waals surface area contributed by atoms with Gasteiger partial charge in [0.15, 0.2) is 0 Å². The predicted molar refractivity (Wildman–Crippen MR) is 79.0 cm³/mol. The Hall–Kier alpha value is -0.970. The lowest BCUT2D eigenvalue weighted by atomic mass is 9.86. The van der Waals surface area contributed by atoms with Crippen LogP contribution < -0.4 is 5.73 Å². The minimum absolute atomic E-state index is 0.137. The lowest BCUT2D eigenvalue weighted by molar-refractivity contribution is 0.0476. The fraction of sp³-hybridized carbons (Fsp3) is 0.667. The molecular weight excluding hydrogens is 236 g/mol. The van der Waals surface area contributed by atoms with E-state index in [-0.39, 0.29) is 5.54 Å². The number of hydrogen-bond donors (Lipinski definition) is 1. The smallest absolute Gasteiger partial charge is 0.0547 e. The zero-order valence-electron chi connectivity index (χ0n) is 12.4. The van der Waals surface area contributed by atoms with Crippen LogP contribution >= 0.6 is 0 Å². The molecule has 0 spiro atoms. The second-order valence-electron chi connectivity index (χ2n) is 5.86. The van der Waals surface area contributed by atoms with Crippen LogP contribution in [0.15, 0.2) is 18.2 Å². The summed E-state index contributed by atoms with van der Waals surface area (Å²) < 4.78 is 0. The molecule has 0 aliphatic carbocycles. The second-order valence-corrected chi connectivity index (χ2v) is 5.86. The quantitative estimate of drug-likeness (QED) is 0.887. The fourth-order valence-electron chi connectivity index (χ4n) is 2.87. The molecule has 1 aliphatic rings. The molecule has 0 saturated carbocycles. The van der Waals surface area contributed by atoms with Crippen molar-refractivity contribution in [3.05, 3.63) is 29.6 Å². The summed E-state index contributed by atoms with van der Waals surface area (Å²) in [5.41, 5.74) is 8.44. The molecule has 2 N–H and O–H groups in total. The number of aryl methyl sites for hydroxylation is 1. The Bertz CT molecular complexity index is 410. The van der Waals surface area contributed by atoms with Crippen LogP contribution in [0.25, 0.3) is 0 Å². The minimum atomic E-state index is 0.137. The molecule has 2 heterocycles. The molecule has 2 rings (SSSR count). The minimum Gasteiger partial charge on any atom is -0.329 e. The summed E-state index contributed by atoms with van der Waals surface area (Å²) in [6.45, 7) is 5.90. The van der Waals surface area contributed by atoms with E-state index in [4.69, 9.17) is 5.73 Å². The molecule has 1 aliphatic heterocycles. The van der Waals surface area contributed by atoms with Gasteiger partial charge in [0.2, 0.25) is 0 Å². The highest BCUT2D eigenvalue weighted by molar-refractivity contribution is 5.10. The summed E-state index contributed by atoms with van der Waals surface area (Å²) in [6, 6.07) is 6.22. The van der Waals surface area contributed by atoms with Crippen LogP contribution in [0.5, 0.6) is 0 Å². The summed E-state index contributed by atoms with van der Waals surface area (Å²) in [5, 5.41) is 0. The van der Waals surface area contributed by atoms with Crippen LogP contribution in [0, 0.1) is 6.92 Å². The number of aromatic nitrogens is 1. The molecule has 1 aromatic heterocycles. The van der Waals surface area contributed by atoms with E-state index in [1.54, 1.807) is 0 Å². The third-order valence-corrected chi connectivity index (χ3v) is 4.45. The van der Waals surface area contributed by atoms with Crippen LogP contribution in [0.4, 0.5) is 0 Å². The van der Waals surface area contributed by atoms with E-state index in [0.717, 1.165) is 50.4 Å². The van der Waals surface area contributed by atoms with Gasteiger partial charge in [-0.1, -0.05) is 6.07 Å². The average molecular weight is 262 g/mol. The normalized spacial score (nSPS) is 19.8. The summed E-state index contributed by atoms with van der Waals surface area (Å²) in [4.78, 5) is 9.38. The maximum absolute atomic E-state index is 6.09.